The van der Waals surface area contributed by atoms with Crippen LogP contribution in [0.2, 0.25) is 0 Å². The van der Waals surface area contributed by atoms with Gasteiger partial charge in [-0.05, 0) is 75.8 Å². The van der Waals surface area contributed by atoms with E-state index in [0.717, 1.165) is 61.9 Å². The Bertz CT molecular complexity index is 2530. The normalized spacial score (nSPS) is 13.6. The predicted molar refractivity (Wildman–Crippen MR) is 199 cm³/mol. The summed E-state index contributed by atoms with van der Waals surface area (Å²) in [6.45, 7) is 0. The number of rotatable bonds is 3. The van der Waals surface area contributed by atoms with Crippen LogP contribution in [-0.4, -0.2) is 9.55 Å². The number of benzene rings is 7. The largest absolute Gasteiger partial charge is 0.457 e. The first-order chi connectivity index (χ1) is 24.3. The molecule has 0 fully saturated rings. The number of hydrogen-bond donors (Lipinski definition) is 0. The molecule has 8 aromatic rings. The maximum absolute atomic E-state index is 6.58. The molecule has 1 aliphatic heterocycles. The zero-order chi connectivity index (χ0) is 32.4. The van der Waals surface area contributed by atoms with Gasteiger partial charge in [0.1, 0.15) is 17.3 Å². The second kappa shape index (κ2) is 10.8. The summed E-state index contributed by atoms with van der Waals surface area (Å²) < 4.78 is 8.83. The average Bonchev–Trinajstić information content (AvgIpc) is 3.50. The van der Waals surface area contributed by atoms with E-state index in [1.54, 1.807) is 0 Å². The Kier molecular flexibility index (Phi) is 6.09. The van der Waals surface area contributed by atoms with Crippen LogP contribution in [0.15, 0.2) is 170 Å². The maximum Gasteiger partial charge on any atom is 0.145 e. The summed E-state index contributed by atoms with van der Waals surface area (Å²) in [7, 11) is 0. The zero-order valence-corrected chi connectivity index (χ0v) is 26.6. The van der Waals surface area contributed by atoms with Gasteiger partial charge in [-0.25, -0.2) is 4.98 Å². The van der Waals surface area contributed by atoms with Crippen molar-refractivity contribution in [3.05, 3.63) is 203 Å². The van der Waals surface area contributed by atoms with E-state index >= 15 is 0 Å². The Morgan fingerprint density at radius 2 is 1.02 bits per heavy atom. The van der Waals surface area contributed by atoms with Crippen LogP contribution in [0.1, 0.15) is 33.4 Å². The molecule has 3 nitrogen and oxygen atoms in total. The van der Waals surface area contributed by atoms with Gasteiger partial charge < -0.3 is 4.74 Å². The van der Waals surface area contributed by atoms with E-state index < -0.39 is 5.41 Å². The summed E-state index contributed by atoms with van der Waals surface area (Å²) in [4.78, 5) is 5.09. The fourth-order valence-electron chi connectivity index (χ4n) is 7.96. The molecule has 49 heavy (non-hydrogen) atoms. The van der Waals surface area contributed by atoms with Crippen molar-refractivity contribution >= 4 is 23.2 Å². The van der Waals surface area contributed by atoms with Crippen LogP contribution in [0.4, 0.5) is 0 Å². The molecule has 10 rings (SSSR count). The smallest absolute Gasteiger partial charge is 0.145 e. The molecule has 1 aliphatic carbocycles. The van der Waals surface area contributed by atoms with Gasteiger partial charge in [0.05, 0.1) is 16.4 Å². The molecule has 0 N–H and O–H groups in total. The Hall–Kier alpha value is -6.45. The van der Waals surface area contributed by atoms with Gasteiger partial charge >= 0.3 is 0 Å². The third kappa shape index (κ3) is 4.12. The third-order valence-electron chi connectivity index (χ3n) is 10.1. The lowest BCUT2D eigenvalue weighted by atomic mass is 9.62. The monoisotopic (exact) mass is 626 g/mol. The summed E-state index contributed by atoms with van der Waals surface area (Å²) in [5.41, 5.74) is 13.2. The van der Waals surface area contributed by atoms with Crippen LogP contribution >= 0.6 is 0 Å². The van der Waals surface area contributed by atoms with Crippen molar-refractivity contribution in [1.29, 1.82) is 0 Å². The van der Waals surface area contributed by atoms with E-state index in [1.165, 1.54) is 22.3 Å². The minimum Gasteiger partial charge on any atom is -0.457 e. The highest BCUT2D eigenvalue weighted by atomic mass is 16.5. The Balaban J connectivity index is 1.17. The van der Waals surface area contributed by atoms with Crippen molar-refractivity contribution in [3.63, 3.8) is 0 Å². The van der Waals surface area contributed by atoms with E-state index in [0.29, 0.717) is 0 Å². The molecule has 230 valence electrons. The second-order valence-corrected chi connectivity index (χ2v) is 12.7. The van der Waals surface area contributed by atoms with Gasteiger partial charge in [0, 0.05) is 22.4 Å². The van der Waals surface area contributed by atoms with Crippen molar-refractivity contribution in [2.45, 2.75) is 5.41 Å². The molecule has 0 radical (unpaired) electrons. The summed E-state index contributed by atoms with van der Waals surface area (Å²) in [6, 6.07) is 60.4. The van der Waals surface area contributed by atoms with E-state index in [9.17, 15) is 0 Å². The fourth-order valence-corrected chi connectivity index (χ4v) is 7.96. The SMILES string of the molecule is C1=Cc2ccc(-c3ccc(-c4nc5ccccc5n4-c4ccccc4)cc3)cc2C2(c3ccccc31)c1ccccc1Oc1ccccc12. The van der Waals surface area contributed by atoms with Crippen molar-refractivity contribution in [3.8, 4) is 39.7 Å². The number of ether oxygens (including phenoxy) is 1. The predicted octanol–water partition coefficient (Wildman–Crippen LogP) is 11.3. The van der Waals surface area contributed by atoms with Crippen molar-refractivity contribution in [2.75, 3.05) is 0 Å². The second-order valence-electron chi connectivity index (χ2n) is 12.7. The van der Waals surface area contributed by atoms with Crippen LogP contribution in [0, 0.1) is 0 Å². The summed E-state index contributed by atoms with van der Waals surface area (Å²) in [5, 5.41) is 0. The lowest BCUT2D eigenvalue weighted by molar-refractivity contribution is 0.434. The van der Waals surface area contributed by atoms with E-state index in [2.05, 4.69) is 174 Å². The van der Waals surface area contributed by atoms with Gasteiger partial charge in [-0.3, -0.25) is 4.57 Å². The number of para-hydroxylation sites is 5. The molecule has 0 unspecified atom stereocenters. The molecule has 0 amide bonds. The van der Waals surface area contributed by atoms with Gasteiger partial charge in [-0.15, -0.1) is 0 Å². The molecule has 2 aliphatic rings. The summed E-state index contributed by atoms with van der Waals surface area (Å²) in [5.74, 6) is 2.71. The van der Waals surface area contributed by atoms with Gasteiger partial charge in [0.15, 0.2) is 0 Å². The van der Waals surface area contributed by atoms with Crippen LogP contribution in [-0.2, 0) is 5.41 Å². The highest BCUT2D eigenvalue weighted by Crippen LogP contribution is 2.58. The highest BCUT2D eigenvalue weighted by molar-refractivity contribution is 5.86. The van der Waals surface area contributed by atoms with E-state index in [1.807, 2.05) is 12.1 Å². The molecular weight excluding hydrogens is 597 g/mol. The van der Waals surface area contributed by atoms with Crippen LogP contribution < -0.4 is 4.74 Å². The first-order valence-electron chi connectivity index (χ1n) is 16.7. The Morgan fingerprint density at radius 3 is 1.78 bits per heavy atom. The van der Waals surface area contributed by atoms with Crippen molar-refractivity contribution in [2.24, 2.45) is 0 Å². The molecule has 0 saturated heterocycles. The molecular formula is C46H30N2O. The first kappa shape index (κ1) is 27.6. The minimum atomic E-state index is -0.572. The quantitative estimate of drug-likeness (QED) is 0.195. The maximum atomic E-state index is 6.58. The minimum absolute atomic E-state index is 0.572. The molecule has 7 aromatic carbocycles. The van der Waals surface area contributed by atoms with Crippen LogP contribution in [0.25, 0.3) is 51.4 Å². The molecule has 0 saturated carbocycles. The summed E-state index contributed by atoms with van der Waals surface area (Å²) >= 11 is 0. The lowest BCUT2D eigenvalue weighted by Crippen LogP contribution is -2.35. The Morgan fingerprint density at radius 1 is 0.449 bits per heavy atom. The highest BCUT2D eigenvalue weighted by Gasteiger charge is 2.47. The fraction of sp³-hybridized carbons (Fsp3) is 0.0217. The van der Waals surface area contributed by atoms with Crippen LogP contribution in [0.3, 0.4) is 0 Å². The molecule has 0 atom stereocenters. The van der Waals surface area contributed by atoms with Gasteiger partial charge in [0.25, 0.3) is 0 Å². The number of imidazole rings is 1. The standard InChI is InChI=1S/C46H30N2O/c1-2-13-36(14-3-1)48-42-19-9-8-18-41(42)47-45(48)34-27-22-31(23-28-34)35-29-26-33-25-24-32-12-4-5-15-37(32)46(40(33)30-35)38-16-6-10-20-43(38)49-44-21-11-7-17-39(44)46/h1-30H. The topological polar surface area (TPSA) is 27.1 Å². The number of fused-ring (bicyclic) bond motifs is 9. The van der Waals surface area contributed by atoms with Crippen molar-refractivity contribution < 1.29 is 4.74 Å². The number of aromatic nitrogens is 2. The van der Waals surface area contributed by atoms with Gasteiger partial charge in [-0.1, -0.05) is 140 Å². The molecule has 3 heteroatoms. The van der Waals surface area contributed by atoms with Crippen molar-refractivity contribution in [1.82, 2.24) is 9.55 Å². The number of hydrogen-bond acceptors (Lipinski definition) is 2. The first-order valence-corrected chi connectivity index (χ1v) is 16.7. The number of nitrogens with zero attached hydrogens (tertiary/aromatic N) is 2. The van der Waals surface area contributed by atoms with Crippen LogP contribution in [0.5, 0.6) is 11.5 Å². The molecule has 0 bridgehead atoms. The Labute approximate surface area is 285 Å². The van der Waals surface area contributed by atoms with Gasteiger partial charge in [0.2, 0.25) is 0 Å². The van der Waals surface area contributed by atoms with Gasteiger partial charge in [-0.2, -0.15) is 0 Å². The molecule has 1 aromatic heterocycles. The zero-order valence-electron chi connectivity index (χ0n) is 26.6. The van der Waals surface area contributed by atoms with E-state index in [-0.39, 0.29) is 0 Å². The molecule has 2 heterocycles. The third-order valence-corrected chi connectivity index (χ3v) is 10.1. The average molecular weight is 627 g/mol. The summed E-state index contributed by atoms with van der Waals surface area (Å²) in [6.07, 6.45) is 4.53. The molecule has 1 spiro atoms. The lowest BCUT2D eigenvalue weighted by Gasteiger charge is -2.42. The van der Waals surface area contributed by atoms with E-state index in [4.69, 9.17) is 9.72 Å².